The van der Waals surface area contributed by atoms with Gasteiger partial charge in [0.25, 0.3) is 5.91 Å². The molecule has 14 heteroatoms. The zero-order valence-electron chi connectivity index (χ0n) is 26.9. The van der Waals surface area contributed by atoms with Crippen molar-refractivity contribution in [1.82, 2.24) is 30.7 Å². The number of nitrogens with zero attached hydrogens (tertiary/aromatic N) is 4. The fraction of sp³-hybridized carbons (Fsp3) is 0.625. The molecule has 46 heavy (non-hydrogen) atoms. The fourth-order valence-electron chi connectivity index (χ4n) is 6.34. The Morgan fingerprint density at radius 1 is 1.02 bits per heavy atom. The number of anilines is 1. The van der Waals surface area contributed by atoms with Crippen molar-refractivity contribution < 1.29 is 32.9 Å². The van der Waals surface area contributed by atoms with Crippen LogP contribution in [0.1, 0.15) is 67.2 Å². The van der Waals surface area contributed by atoms with Crippen LogP contribution in [0.4, 0.5) is 10.1 Å². The summed E-state index contributed by atoms with van der Waals surface area (Å²) in [5, 5.41) is 15.9. The van der Waals surface area contributed by atoms with Gasteiger partial charge in [-0.3, -0.25) is 19.2 Å². The number of nitrogens with one attached hydrogen (secondary N) is 3. The molecular weight excluding hydrogens is 597 g/mol. The molecule has 0 spiro atoms. The van der Waals surface area contributed by atoms with Gasteiger partial charge in [0, 0.05) is 39.2 Å². The number of aromatic nitrogens is 2. The molecule has 1 aliphatic heterocycles. The predicted molar refractivity (Wildman–Crippen MR) is 165 cm³/mol. The third-order valence-electron chi connectivity index (χ3n) is 9.34. The minimum atomic E-state index is -0.942. The molecule has 13 nitrogen and oxygen atoms in total. The third kappa shape index (κ3) is 7.89. The first-order valence-electron chi connectivity index (χ1n) is 16.1. The van der Waals surface area contributed by atoms with Gasteiger partial charge in [0.2, 0.25) is 17.7 Å². The molecule has 0 radical (unpaired) electrons. The smallest absolute Gasteiger partial charge is 0.276 e. The van der Waals surface area contributed by atoms with E-state index >= 15 is 4.39 Å². The van der Waals surface area contributed by atoms with Crippen LogP contribution in [-0.2, 0) is 25.5 Å². The predicted octanol–water partition coefficient (Wildman–Crippen LogP) is 1.95. The molecule has 0 unspecified atom stereocenters. The Hall–Kier alpha value is -3.91. The van der Waals surface area contributed by atoms with E-state index in [1.54, 1.807) is 17.9 Å². The number of piperazine rings is 1. The molecule has 1 aromatic heterocycles. The van der Waals surface area contributed by atoms with Crippen LogP contribution in [0.15, 0.2) is 22.8 Å². The van der Waals surface area contributed by atoms with Crippen LogP contribution in [0.25, 0.3) is 0 Å². The van der Waals surface area contributed by atoms with Crippen LogP contribution in [0, 0.1) is 23.6 Å². The lowest BCUT2D eigenvalue weighted by Gasteiger charge is -2.36. The summed E-state index contributed by atoms with van der Waals surface area (Å²) in [4.78, 5) is 56.9. The van der Waals surface area contributed by atoms with Gasteiger partial charge in [0.05, 0.1) is 5.69 Å². The summed E-state index contributed by atoms with van der Waals surface area (Å²) in [5.41, 5.74) is 0.858. The Morgan fingerprint density at radius 3 is 2.28 bits per heavy atom. The Labute approximate surface area is 267 Å². The number of halogens is 1. The maximum Gasteiger partial charge on any atom is 0.276 e. The van der Waals surface area contributed by atoms with Crippen molar-refractivity contribution in [2.45, 2.75) is 64.0 Å². The first-order valence-corrected chi connectivity index (χ1v) is 16.1. The zero-order chi connectivity index (χ0) is 33.0. The number of hydrogen-bond donors (Lipinski definition) is 3. The summed E-state index contributed by atoms with van der Waals surface area (Å²) >= 11 is 0. The number of rotatable bonds is 14. The van der Waals surface area contributed by atoms with E-state index in [9.17, 15) is 19.2 Å². The van der Waals surface area contributed by atoms with E-state index in [-0.39, 0.29) is 29.8 Å². The van der Waals surface area contributed by atoms with E-state index in [2.05, 4.69) is 31.2 Å². The van der Waals surface area contributed by atoms with Crippen LogP contribution in [0.2, 0.25) is 0 Å². The van der Waals surface area contributed by atoms with Gasteiger partial charge >= 0.3 is 0 Å². The van der Waals surface area contributed by atoms with E-state index < -0.39 is 41.5 Å². The van der Waals surface area contributed by atoms with Gasteiger partial charge in [-0.1, -0.05) is 25.1 Å². The summed E-state index contributed by atoms with van der Waals surface area (Å²) < 4.78 is 25.4. The van der Waals surface area contributed by atoms with Gasteiger partial charge in [-0.2, -0.15) is 0 Å². The third-order valence-corrected chi connectivity index (χ3v) is 9.34. The molecular formula is C32H44FN7O6. The van der Waals surface area contributed by atoms with Crippen LogP contribution in [0.3, 0.4) is 0 Å². The topological polar surface area (TPSA) is 159 Å². The van der Waals surface area contributed by atoms with E-state index in [0.29, 0.717) is 55.7 Å². The maximum atomic E-state index is 15.7. The van der Waals surface area contributed by atoms with Crippen LogP contribution in [0.5, 0.6) is 0 Å². The van der Waals surface area contributed by atoms with Gasteiger partial charge in [0.1, 0.15) is 30.2 Å². The Balaban J connectivity index is 1.33. The standard InChI is InChI=1S/C32H44FN7O6/c1-5-23-28(38-46-37-23)30(42)36-29(26(19-6-7-19)20-8-9-20)31(43)34-24-11-10-21(16-22(24)33)18(2)27(35-25(41)17-45-4)32(44)40-14-12-39(3)13-15-40/h10-11,16,18-20,26-27,29H,5-9,12-15,17H2,1-4H3,(H,34,43)(H,35,41)(H,36,42)/t18-,27+,29-/m0/s1. The van der Waals surface area contributed by atoms with Gasteiger partial charge in [-0.05, 0) is 79.8 Å². The van der Waals surface area contributed by atoms with Gasteiger partial charge < -0.3 is 30.5 Å². The van der Waals surface area contributed by atoms with Crippen molar-refractivity contribution in [3.63, 3.8) is 0 Å². The second kappa shape index (κ2) is 14.7. The van der Waals surface area contributed by atoms with E-state index in [1.807, 2.05) is 14.0 Å². The van der Waals surface area contributed by atoms with E-state index in [1.165, 1.54) is 19.2 Å². The zero-order valence-corrected chi connectivity index (χ0v) is 26.9. The molecule has 1 saturated heterocycles. The monoisotopic (exact) mass is 641 g/mol. The maximum absolute atomic E-state index is 15.7. The normalized spacial score (nSPS) is 19.0. The second-order valence-electron chi connectivity index (χ2n) is 12.7. The molecule has 5 rings (SSSR count). The summed E-state index contributed by atoms with van der Waals surface area (Å²) in [6, 6.07) is 2.52. The number of carbonyl (C=O) groups excluding carboxylic acids is 4. The molecule has 1 aromatic carbocycles. The van der Waals surface area contributed by atoms with Crippen LogP contribution >= 0.6 is 0 Å². The van der Waals surface area contributed by atoms with Crippen LogP contribution < -0.4 is 16.0 Å². The van der Waals surface area contributed by atoms with E-state index in [4.69, 9.17) is 9.37 Å². The second-order valence-corrected chi connectivity index (χ2v) is 12.7. The Bertz CT molecular complexity index is 1410. The van der Waals surface area contributed by atoms with Crippen molar-refractivity contribution in [1.29, 1.82) is 0 Å². The van der Waals surface area contributed by atoms with Crippen molar-refractivity contribution in [3.05, 3.63) is 41.0 Å². The number of amides is 4. The number of benzene rings is 1. The summed E-state index contributed by atoms with van der Waals surface area (Å²) in [6.07, 6.45) is 4.33. The lowest BCUT2D eigenvalue weighted by Crippen LogP contribution is -2.56. The highest BCUT2D eigenvalue weighted by Gasteiger charge is 2.48. The summed E-state index contributed by atoms with van der Waals surface area (Å²) in [7, 11) is 3.38. The first kappa shape index (κ1) is 33.5. The lowest BCUT2D eigenvalue weighted by atomic mass is 9.88. The average Bonchev–Trinajstić information content (AvgIpc) is 3.99. The van der Waals surface area contributed by atoms with Crippen molar-refractivity contribution in [2.75, 3.05) is 52.3 Å². The van der Waals surface area contributed by atoms with Gasteiger partial charge in [-0.25, -0.2) is 9.02 Å². The highest BCUT2D eigenvalue weighted by Crippen LogP contribution is 2.51. The number of carbonyl (C=O) groups is 4. The molecule has 2 saturated carbocycles. The van der Waals surface area contributed by atoms with Gasteiger partial charge in [-0.15, -0.1) is 0 Å². The molecule has 250 valence electrons. The number of hydrogen-bond acceptors (Lipinski definition) is 9. The number of methoxy groups -OCH3 is 1. The summed E-state index contributed by atoms with van der Waals surface area (Å²) in [5.74, 6) is -2.51. The minimum absolute atomic E-state index is 0.0356. The largest absolute Gasteiger partial charge is 0.375 e. The number of aryl methyl sites for hydroxylation is 1. The highest BCUT2D eigenvalue weighted by molar-refractivity contribution is 6.01. The molecule has 3 fully saturated rings. The van der Waals surface area contributed by atoms with Crippen LogP contribution in [-0.4, -0.2) is 103 Å². The molecule has 2 aliphatic carbocycles. The van der Waals surface area contributed by atoms with Gasteiger partial charge in [0.15, 0.2) is 5.69 Å². The van der Waals surface area contributed by atoms with Crippen molar-refractivity contribution in [3.8, 4) is 0 Å². The number of ether oxygens (including phenoxy) is 1. The SMILES string of the molecule is CCc1nonc1C(=O)N[C@H](C(=O)Nc1ccc([C@H](C)[C@@H](NC(=O)COC)C(=O)N2CCN(C)CC2)cc1F)C(C1CC1)C1CC1. The average molecular weight is 642 g/mol. The molecule has 4 amide bonds. The minimum Gasteiger partial charge on any atom is -0.375 e. The lowest BCUT2D eigenvalue weighted by molar-refractivity contribution is -0.139. The first-order chi connectivity index (χ1) is 22.1. The Kier molecular flexibility index (Phi) is 10.7. The number of likely N-dealkylation sites (N-methyl/N-ethyl adjacent to an activating group) is 1. The van der Waals surface area contributed by atoms with E-state index in [0.717, 1.165) is 25.7 Å². The fourth-order valence-corrected chi connectivity index (χ4v) is 6.34. The highest BCUT2D eigenvalue weighted by atomic mass is 19.1. The van der Waals surface area contributed by atoms with Crippen molar-refractivity contribution in [2.24, 2.45) is 17.8 Å². The molecule has 2 heterocycles. The quantitative estimate of drug-likeness (QED) is 0.280. The molecule has 2 aromatic rings. The summed E-state index contributed by atoms with van der Waals surface area (Å²) in [6.45, 7) is 5.82. The van der Waals surface area contributed by atoms with Crippen molar-refractivity contribution >= 4 is 29.3 Å². The molecule has 3 N–H and O–H groups in total. The molecule has 0 bridgehead atoms. The molecule has 3 atom stereocenters. The molecule has 3 aliphatic rings. The Morgan fingerprint density at radius 2 is 1.70 bits per heavy atom.